The fraction of sp³-hybridized carbons (Fsp3) is 0.174. The van der Waals surface area contributed by atoms with Gasteiger partial charge in [-0.05, 0) is 50.2 Å². The molecular formula is C23H20FN3O3. The van der Waals surface area contributed by atoms with Crippen LogP contribution in [0, 0.1) is 12.7 Å². The Morgan fingerprint density at radius 3 is 2.63 bits per heavy atom. The highest BCUT2D eigenvalue weighted by atomic mass is 19.1. The number of ether oxygens (including phenoxy) is 1. The van der Waals surface area contributed by atoms with Crippen LogP contribution in [0.25, 0.3) is 22.4 Å². The first-order valence-electron chi connectivity index (χ1n) is 9.44. The lowest BCUT2D eigenvalue weighted by Crippen LogP contribution is -2.27. The molecule has 4 aromatic rings. The summed E-state index contributed by atoms with van der Waals surface area (Å²) in [6, 6.07) is 14.8. The molecule has 0 radical (unpaired) electrons. The van der Waals surface area contributed by atoms with E-state index in [9.17, 15) is 9.18 Å². The molecule has 0 aliphatic heterocycles. The molecule has 0 spiro atoms. The van der Waals surface area contributed by atoms with E-state index in [2.05, 4.69) is 15.5 Å². The maximum Gasteiger partial charge on any atom is 0.259 e. The smallest absolute Gasteiger partial charge is 0.259 e. The summed E-state index contributed by atoms with van der Waals surface area (Å²) in [6.07, 6.45) is 0. The van der Waals surface area contributed by atoms with E-state index in [4.69, 9.17) is 9.26 Å². The Bertz CT molecular complexity index is 1220. The van der Waals surface area contributed by atoms with Crippen molar-refractivity contribution in [2.24, 2.45) is 0 Å². The summed E-state index contributed by atoms with van der Waals surface area (Å²) in [5.74, 6) is 0.0488. The Kier molecular flexibility index (Phi) is 5.18. The molecular weight excluding hydrogens is 385 g/mol. The molecule has 1 amide bonds. The summed E-state index contributed by atoms with van der Waals surface area (Å²) < 4.78 is 24.0. The normalized spacial score (nSPS) is 12.0. The van der Waals surface area contributed by atoms with Crippen molar-refractivity contribution >= 4 is 17.0 Å². The average molecular weight is 405 g/mol. The fourth-order valence-corrected chi connectivity index (χ4v) is 3.42. The molecule has 0 saturated heterocycles. The summed E-state index contributed by atoms with van der Waals surface area (Å²) in [5.41, 5.74) is 3.23. The zero-order valence-corrected chi connectivity index (χ0v) is 16.8. The van der Waals surface area contributed by atoms with Gasteiger partial charge >= 0.3 is 0 Å². The van der Waals surface area contributed by atoms with Gasteiger partial charge < -0.3 is 14.6 Å². The molecule has 0 aliphatic rings. The molecule has 0 bridgehead atoms. The third-order valence-corrected chi connectivity index (χ3v) is 4.95. The van der Waals surface area contributed by atoms with Gasteiger partial charge in [0.25, 0.3) is 11.6 Å². The number of pyridine rings is 1. The first-order chi connectivity index (χ1) is 14.5. The van der Waals surface area contributed by atoms with Crippen LogP contribution in [-0.2, 0) is 0 Å². The lowest BCUT2D eigenvalue weighted by atomic mass is 10.0. The van der Waals surface area contributed by atoms with Crippen LogP contribution in [-0.4, -0.2) is 23.2 Å². The van der Waals surface area contributed by atoms with Gasteiger partial charge in [0.15, 0.2) is 0 Å². The SMILES string of the molecule is COc1ccccc1C(C)NC(=O)c1cc(-c2ccc(F)cc2)nc2onc(C)c12. The third-order valence-electron chi connectivity index (χ3n) is 4.95. The highest BCUT2D eigenvalue weighted by Crippen LogP contribution is 2.29. The van der Waals surface area contributed by atoms with Crippen LogP contribution in [0.2, 0.25) is 0 Å². The number of nitrogens with zero attached hydrogens (tertiary/aromatic N) is 2. The van der Waals surface area contributed by atoms with Crippen molar-refractivity contribution in [2.75, 3.05) is 7.11 Å². The number of carbonyl (C=O) groups is 1. The van der Waals surface area contributed by atoms with Gasteiger partial charge in [-0.3, -0.25) is 4.79 Å². The second-order valence-corrected chi connectivity index (χ2v) is 6.95. The fourth-order valence-electron chi connectivity index (χ4n) is 3.42. The lowest BCUT2D eigenvalue weighted by Gasteiger charge is -2.17. The standard InChI is InChI=1S/C23H20FN3O3/c1-13(17-6-4-5-7-20(17)29-3)25-22(28)18-12-19(15-8-10-16(24)11-9-15)26-23-21(18)14(2)27-30-23/h4-13H,1-3H3,(H,25,28). The highest BCUT2D eigenvalue weighted by molar-refractivity contribution is 6.07. The summed E-state index contributed by atoms with van der Waals surface area (Å²) in [4.78, 5) is 17.7. The molecule has 2 aromatic heterocycles. The molecule has 1 N–H and O–H groups in total. The van der Waals surface area contributed by atoms with Crippen molar-refractivity contribution in [3.63, 3.8) is 0 Å². The van der Waals surface area contributed by atoms with E-state index in [1.54, 1.807) is 32.2 Å². The van der Waals surface area contributed by atoms with Crippen LogP contribution in [0.3, 0.4) is 0 Å². The maximum atomic E-state index is 13.3. The van der Waals surface area contributed by atoms with E-state index in [1.165, 1.54) is 12.1 Å². The number of aryl methyl sites for hydroxylation is 1. The van der Waals surface area contributed by atoms with Crippen molar-refractivity contribution in [1.82, 2.24) is 15.5 Å². The number of fused-ring (bicyclic) bond motifs is 1. The summed E-state index contributed by atoms with van der Waals surface area (Å²) >= 11 is 0. The quantitative estimate of drug-likeness (QED) is 0.514. The summed E-state index contributed by atoms with van der Waals surface area (Å²) in [7, 11) is 1.59. The van der Waals surface area contributed by atoms with Crippen molar-refractivity contribution in [1.29, 1.82) is 0 Å². The number of hydrogen-bond donors (Lipinski definition) is 1. The summed E-state index contributed by atoms with van der Waals surface area (Å²) in [5, 5.41) is 7.51. The van der Waals surface area contributed by atoms with Gasteiger partial charge in [0.2, 0.25) is 0 Å². The number of para-hydroxylation sites is 1. The number of aromatic nitrogens is 2. The molecule has 2 aromatic carbocycles. The van der Waals surface area contributed by atoms with Gasteiger partial charge in [-0.25, -0.2) is 9.37 Å². The highest BCUT2D eigenvalue weighted by Gasteiger charge is 2.22. The van der Waals surface area contributed by atoms with Crippen molar-refractivity contribution < 1.29 is 18.4 Å². The van der Waals surface area contributed by atoms with Gasteiger partial charge in [0.1, 0.15) is 11.6 Å². The lowest BCUT2D eigenvalue weighted by molar-refractivity contribution is 0.0941. The Morgan fingerprint density at radius 2 is 1.90 bits per heavy atom. The molecule has 7 heteroatoms. The molecule has 6 nitrogen and oxygen atoms in total. The predicted molar refractivity (Wildman–Crippen MR) is 111 cm³/mol. The van der Waals surface area contributed by atoms with Crippen molar-refractivity contribution in [3.8, 4) is 17.0 Å². The number of nitrogens with one attached hydrogen (secondary N) is 1. The van der Waals surface area contributed by atoms with Crippen LogP contribution in [0.4, 0.5) is 4.39 Å². The zero-order valence-electron chi connectivity index (χ0n) is 16.8. The van der Waals surface area contributed by atoms with E-state index < -0.39 is 0 Å². The van der Waals surface area contributed by atoms with E-state index >= 15 is 0 Å². The second-order valence-electron chi connectivity index (χ2n) is 6.95. The second kappa shape index (κ2) is 7.94. The molecule has 1 atom stereocenters. The molecule has 30 heavy (non-hydrogen) atoms. The molecule has 152 valence electrons. The van der Waals surface area contributed by atoms with Crippen LogP contribution in [0.15, 0.2) is 59.1 Å². The molecule has 2 heterocycles. The minimum Gasteiger partial charge on any atom is -0.496 e. The largest absolute Gasteiger partial charge is 0.496 e. The van der Waals surface area contributed by atoms with Crippen LogP contribution >= 0.6 is 0 Å². The Morgan fingerprint density at radius 1 is 1.17 bits per heavy atom. The Hall–Kier alpha value is -3.74. The minimum atomic E-state index is -0.348. The number of rotatable bonds is 5. The van der Waals surface area contributed by atoms with Gasteiger partial charge in [-0.1, -0.05) is 23.4 Å². The Labute approximate surface area is 172 Å². The number of amides is 1. The Balaban J connectivity index is 1.74. The zero-order chi connectivity index (χ0) is 21.3. The monoisotopic (exact) mass is 405 g/mol. The molecule has 0 saturated carbocycles. The maximum absolute atomic E-state index is 13.3. The number of benzene rings is 2. The first kappa shape index (κ1) is 19.6. The van der Waals surface area contributed by atoms with E-state index in [0.29, 0.717) is 33.7 Å². The van der Waals surface area contributed by atoms with E-state index in [-0.39, 0.29) is 23.5 Å². The number of hydrogen-bond acceptors (Lipinski definition) is 5. The van der Waals surface area contributed by atoms with Crippen molar-refractivity contribution in [2.45, 2.75) is 19.9 Å². The molecule has 0 fully saturated rings. The number of carbonyl (C=O) groups excluding carboxylic acids is 1. The minimum absolute atomic E-state index is 0.254. The van der Waals surface area contributed by atoms with E-state index in [0.717, 1.165) is 5.56 Å². The van der Waals surface area contributed by atoms with Crippen LogP contribution < -0.4 is 10.1 Å². The average Bonchev–Trinajstić information content (AvgIpc) is 3.14. The van der Waals surface area contributed by atoms with Gasteiger partial charge in [-0.15, -0.1) is 0 Å². The molecule has 4 rings (SSSR count). The van der Waals surface area contributed by atoms with E-state index in [1.807, 2.05) is 31.2 Å². The van der Waals surface area contributed by atoms with Crippen LogP contribution in [0.1, 0.15) is 34.6 Å². The van der Waals surface area contributed by atoms with Gasteiger partial charge in [0, 0.05) is 11.1 Å². The molecule has 0 aliphatic carbocycles. The third kappa shape index (κ3) is 3.61. The predicted octanol–water partition coefficient (Wildman–Crippen LogP) is 4.84. The van der Waals surface area contributed by atoms with Gasteiger partial charge in [0.05, 0.1) is 35.5 Å². The van der Waals surface area contributed by atoms with Crippen molar-refractivity contribution in [3.05, 3.63) is 77.2 Å². The van der Waals surface area contributed by atoms with Gasteiger partial charge in [-0.2, -0.15) is 0 Å². The first-order valence-corrected chi connectivity index (χ1v) is 9.44. The number of halogens is 1. The summed E-state index contributed by atoms with van der Waals surface area (Å²) in [6.45, 7) is 3.64. The number of methoxy groups -OCH3 is 1. The van der Waals surface area contributed by atoms with Crippen LogP contribution in [0.5, 0.6) is 5.75 Å². The molecule has 1 unspecified atom stereocenters. The topological polar surface area (TPSA) is 77.2 Å².